The molecule has 1 aliphatic heterocycles. The fraction of sp³-hybridized carbons (Fsp3) is 0.533. The van der Waals surface area contributed by atoms with Gasteiger partial charge in [0.15, 0.2) is 5.76 Å². The highest BCUT2D eigenvalue weighted by molar-refractivity contribution is 5.80. The van der Waals surface area contributed by atoms with Crippen LogP contribution in [0.2, 0.25) is 0 Å². The lowest BCUT2D eigenvalue weighted by Crippen LogP contribution is -2.55. The quantitative estimate of drug-likeness (QED) is 0.879. The van der Waals surface area contributed by atoms with Crippen molar-refractivity contribution < 1.29 is 14.1 Å². The van der Waals surface area contributed by atoms with Crippen molar-refractivity contribution in [3.05, 3.63) is 23.7 Å². The Labute approximate surface area is 134 Å². The van der Waals surface area contributed by atoms with Gasteiger partial charge in [0.05, 0.1) is 25.5 Å². The van der Waals surface area contributed by atoms with Gasteiger partial charge >= 0.3 is 0 Å². The number of carbonyl (C=O) groups excluding carboxylic acids is 1. The number of carbonyl (C=O) groups is 1. The van der Waals surface area contributed by atoms with Crippen LogP contribution in [0.15, 0.2) is 16.8 Å². The van der Waals surface area contributed by atoms with Crippen LogP contribution in [0, 0.1) is 6.92 Å². The van der Waals surface area contributed by atoms with Crippen LogP contribution in [0.5, 0.6) is 0 Å². The van der Waals surface area contributed by atoms with E-state index in [2.05, 4.69) is 10.3 Å². The minimum atomic E-state index is -0.461. The van der Waals surface area contributed by atoms with E-state index in [1.54, 1.807) is 10.9 Å². The molecule has 0 saturated carbocycles. The Morgan fingerprint density at radius 3 is 2.96 bits per heavy atom. The van der Waals surface area contributed by atoms with Gasteiger partial charge in [-0.15, -0.1) is 0 Å². The van der Waals surface area contributed by atoms with E-state index in [1.165, 1.54) is 0 Å². The summed E-state index contributed by atoms with van der Waals surface area (Å²) in [5.74, 6) is 0.295. The molecule has 0 bridgehead atoms. The van der Waals surface area contributed by atoms with Crippen LogP contribution in [0.3, 0.4) is 0 Å². The normalized spacial score (nSPS) is 22.4. The van der Waals surface area contributed by atoms with Gasteiger partial charge in [-0.05, 0) is 13.8 Å². The lowest BCUT2D eigenvalue weighted by molar-refractivity contribution is -0.136. The number of amides is 1. The van der Waals surface area contributed by atoms with E-state index in [0.717, 1.165) is 17.0 Å². The highest BCUT2D eigenvalue weighted by atomic mass is 16.5. The number of hydrogen-bond acceptors (Lipinski definition) is 6. The molecule has 1 amide bonds. The van der Waals surface area contributed by atoms with Gasteiger partial charge in [-0.2, -0.15) is 5.10 Å². The Morgan fingerprint density at radius 2 is 2.30 bits per heavy atom. The fourth-order valence-corrected chi connectivity index (χ4v) is 2.94. The maximum absolute atomic E-state index is 11.7. The van der Waals surface area contributed by atoms with Crippen molar-refractivity contribution in [2.45, 2.75) is 32.5 Å². The first-order valence-electron chi connectivity index (χ1n) is 7.57. The third kappa shape index (κ3) is 2.99. The number of primary amides is 1. The molecule has 0 aliphatic carbocycles. The summed E-state index contributed by atoms with van der Waals surface area (Å²) in [6, 6.07) is 1.42. The number of morpholine rings is 1. The molecule has 2 atom stereocenters. The molecule has 8 heteroatoms. The van der Waals surface area contributed by atoms with Crippen LogP contribution in [0.25, 0.3) is 11.3 Å². The zero-order valence-corrected chi connectivity index (χ0v) is 13.5. The van der Waals surface area contributed by atoms with Crippen molar-refractivity contribution >= 4 is 5.91 Å². The molecule has 2 aromatic rings. The molecule has 2 N–H and O–H groups in total. The minimum absolute atomic E-state index is 0.232. The molecule has 0 unspecified atom stereocenters. The third-order valence-corrected chi connectivity index (χ3v) is 4.32. The Morgan fingerprint density at radius 1 is 1.52 bits per heavy atom. The standard InChI is InChI=1S/C15H21N5O3/c1-9-12(7-17-19(9)3)13-6-11(23-18-13)8-20-4-5-22-10(2)14(20)15(16)21/h6-7,10,14H,4-5,8H2,1-3H3,(H2,16,21)/t10-,14+/m1/s1. The van der Waals surface area contributed by atoms with Crippen molar-refractivity contribution in [1.29, 1.82) is 0 Å². The van der Waals surface area contributed by atoms with Gasteiger partial charge in [0.2, 0.25) is 5.91 Å². The predicted molar refractivity (Wildman–Crippen MR) is 82.2 cm³/mol. The number of nitrogens with zero attached hydrogens (tertiary/aromatic N) is 4. The summed E-state index contributed by atoms with van der Waals surface area (Å²) in [6.07, 6.45) is 1.53. The van der Waals surface area contributed by atoms with Gasteiger partial charge in [-0.25, -0.2) is 0 Å². The number of nitrogens with two attached hydrogens (primary N) is 1. The molecule has 0 spiro atoms. The molecule has 2 aromatic heterocycles. The van der Waals surface area contributed by atoms with E-state index in [1.807, 2.05) is 31.9 Å². The van der Waals surface area contributed by atoms with Gasteiger partial charge in [-0.3, -0.25) is 14.4 Å². The molecular formula is C15H21N5O3. The first kappa shape index (κ1) is 15.7. The SMILES string of the molecule is Cc1c(-c2cc(CN3CCO[C@H](C)[C@H]3C(N)=O)on2)cnn1C. The molecular weight excluding hydrogens is 298 g/mol. The first-order valence-corrected chi connectivity index (χ1v) is 7.57. The zero-order chi connectivity index (χ0) is 16.6. The number of aryl methyl sites for hydroxylation is 1. The lowest BCUT2D eigenvalue weighted by atomic mass is 10.1. The van der Waals surface area contributed by atoms with Gasteiger partial charge in [0.25, 0.3) is 0 Å². The summed E-state index contributed by atoms with van der Waals surface area (Å²) in [7, 11) is 1.88. The summed E-state index contributed by atoms with van der Waals surface area (Å²) in [5, 5.41) is 8.32. The average Bonchev–Trinajstić information content (AvgIpc) is 3.07. The first-order chi connectivity index (χ1) is 11.0. The molecule has 3 heterocycles. The second-order valence-electron chi connectivity index (χ2n) is 5.84. The maximum atomic E-state index is 11.7. The largest absolute Gasteiger partial charge is 0.375 e. The van der Waals surface area contributed by atoms with Crippen molar-refractivity contribution in [1.82, 2.24) is 19.8 Å². The second-order valence-corrected chi connectivity index (χ2v) is 5.84. The van der Waals surface area contributed by atoms with Crippen LogP contribution in [0.4, 0.5) is 0 Å². The van der Waals surface area contributed by atoms with Crippen LogP contribution >= 0.6 is 0 Å². The Bertz CT molecular complexity index is 708. The molecule has 23 heavy (non-hydrogen) atoms. The Hall–Kier alpha value is -2.19. The molecule has 3 rings (SSSR count). The van der Waals surface area contributed by atoms with Crippen molar-refractivity contribution in [2.24, 2.45) is 12.8 Å². The van der Waals surface area contributed by atoms with Gasteiger partial charge in [0, 0.05) is 30.9 Å². The van der Waals surface area contributed by atoms with E-state index in [4.69, 9.17) is 15.0 Å². The van der Waals surface area contributed by atoms with Crippen LogP contribution in [0.1, 0.15) is 18.4 Å². The van der Waals surface area contributed by atoms with Gasteiger partial charge in [-0.1, -0.05) is 5.16 Å². The molecule has 1 saturated heterocycles. The number of aromatic nitrogens is 3. The minimum Gasteiger partial charge on any atom is -0.375 e. The van der Waals surface area contributed by atoms with Crippen LogP contribution in [-0.4, -0.2) is 51.0 Å². The number of ether oxygens (including phenoxy) is 1. The lowest BCUT2D eigenvalue weighted by Gasteiger charge is -2.37. The van der Waals surface area contributed by atoms with Crippen molar-refractivity contribution in [3.8, 4) is 11.3 Å². The highest BCUT2D eigenvalue weighted by Crippen LogP contribution is 2.24. The summed E-state index contributed by atoms with van der Waals surface area (Å²) in [5.41, 5.74) is 8.19. The number of rotatable bonds is 4. The maximum Gasteiger partial charge on any atom is 0.237 e. The summed E-state index contributed by atoms with van der Waals surface area (Å²) in [4.78, 5) is 13.7. The molecule has 0 aromatic carbocycles. The van der Waals surface area contributed by atoms with Gasteiger partial charge in [0.1, 0.15) is 11.7 Å². The number of hydrogen-bond donors (Lipinski definition) is 1. The van der Waals surface area contributed by atoms with Crippen molar-refractivity contribution in [3.63, 3.8) is 0 Å². The summed E-state index contributed by atoms with van der Waals surface area (Å²) >= 11 is 0. The van der Waals surface area contributed by atoms with E-state index in [0.29, 0.717) is 25.5 Å². The van der Waals surface area contributed by atoms with E-state index in [-0.39, 0.29) is 12.0 Å². The second kappa shape index (κ2) is 6.13. The van der Waals surface area contributed by atoms with E-state index < -0.39 is 6.04 Å². The Kier molecular flexibility index (Phi) is 4.18. The monoisotopic (exact) mass is 319 g/mol. The van der Waals surface area contributed by atoms with Crippen LogP contribution < -0.4 is 5.73 Å². The zero-order valence-electron chi connectivity index (χ0n) is 13.5. The molecule has 0 radical (unpaired) electrons. The third-order valence-electron chi connectivity index (χ3n) is 4.32. The average molecular weight is 319 g/mol. The highest BCUT2D eigenvalue weighted by Gasteiger charge is 2.34. The van der Waals surface area contributed by atoms with E-state index in [9.17, 15) is 4.79 Å². The smallest absolute Gasteiger partial charge is 0.237 e. The predicted octanol–water partition coefficient (Wildman–Crippen LogP) is 0.458. The van der Waals surface area contributed by atoms with Crippen molar-refractivity contribution in [2.75, 3.05) is 13.2 Å². The van der Waals surface area contributed by atoms with E-state index >= 15 is 0 Å². The summed E-state index contributed by atoms with van der Waals surface area (Å²) < 4.78 is 12.7. The van der Waals surface area contributed by atoms with Gasteiger partial charge < -0.3 is 15.0 Å². The molecule has 8 nitrogen and oxygen atoms in total. The summed E-state index contributed by atoms with van der Waals surface area (Å²) in [6.45, 7) is 5.48. The molecule has 1 aliphatic rings. The topological polar surface area (TPSA) is 99.4 Å². The molecule has 124 valence electrons. The Balaban J connectivity index is 1.78. The molecule has 1 fully saturated rings. The fourth-order valence-electron chi connectivity index (χ4n) is 2.94. The van der Waals surface area contributed by atoms with Crippen LogP contribution in [-0.2, 0) is 23.1 Å².